The molecule has 0 saturated heterocycles. The normalized spacial score (nSPS) is 13.8. The molecule has 0 unspecified atom stereocenters. The molecule has 0 fully saturated rings. The Bertz CT molecular complexity index is 412. The number of carbonyl (C=O) groups is 1. The molecule has 1 aliphatic rings. The Labute approximate surface area is 83.8 Å². The second kappa shape index (κ2) is 2.96. The van der Waals surface area contributed by atoms with Gasteiger partial charge in [-0.15, -0.1) is 0 Å². The van der Waals surface area contributed by atoms with Crippen LogP contribution < -0.4 is 5.73 Å². The molecule has 0 spiro atoms. The van der Waals surface area contributed by atoms with E-state index in [0.717, 1.165) is 15.6 Å². The molecule has 2 rings (SSSR count). The average molecular weight is 239 g/mol. The van der Waals surface area contributed by atoms with Crippen LogP contribution in [0, 0.1) is 0 Å². The number of hydrogen-bond donors (Lipinski definition) is 1. The minimum Gasteiger partial charge on any atom is -0.364 e. The molecule has 3 nitrogen and oxygen atoms in total. The van der Waals surface area contributed by atoms with Crippen molar-refractivity contribution < 1.29 is 4.79 Å². The van der Waals surface area contributed by atoms with Crippen LogP contribution in [0.4, 0.5) is 0 Å². The Balaban J connectivity index is 2.51. The molecule has 0 bridgehead atoms. The molecular weight excluding hydrogens is 232 g/mol. The van der Waals surface area contributed by atoms with E-state index in [0.29, 0.717) is 12.3 Å². The van der Waals surface area contributed by atoms with Crippen molar-refractivity contribution in [3.8, 4) is 0 Å². The SMILES string of the molecule is NC(=O)C1=NCc2cc(Br)ccc21. The molecule has 0 radical (unpaired) electrons. The molecule has 0 atom stereocenters. The molecule has 1 heterocycles. The van der Waals surface area contributed by atoms with Crippen LogP contribution in [-0.2, 0) is 11.3 Å². The highest BCUT2D eigenvalue weighted by atomic mass is 79.9. The van der Waals surface area contributed by atoms with Gasteiger partial charge < -0.3 is 5.73 Å². The van der Waals surface area contributed by atoms with Gasteiger partial charge in [0.1, 0.15) is 5.71 Å². The second-order valence-corrected chi connectivity index (χ2v) is 3.75. The van der Waals surface area contributed by atoms with E-state index in [4.69, 9.17) is 5.73 Å². The smallest absolute Gasteiger partial charge is 0.267 e. The summed E-state index contributed by atoms with van der Waals surface area (Å²) in [7, 11) is 0. The van der Waals surface area contributed by atoms with Gasteiger partial charge in [-0.3, -0.25) is 9.79 Å². The van der Waals surface area contributed by atoms with Crippen molar-refractivity contribution in [2.45, 2.75) is 6.54 Å². The number of nitrogens with zero attached hydrogens (tertiary/aromatic N) is 1. The first-order valence-electron chi connectivity index (χ1n) is 3.81. The second-order valence-electron chi connectivity index (χ2n) is 2.83. The standard InChI is InChI=1S/C9H7BrN2O/c10-6-1-2-7-5(3-6)4-12-8(7)9(11)13/h1-3H,4H2,(H2,11,13). The summed E-state index contributed by atoms with van der Waals surface area (Å²) in [5, 5.41) is 0. The summed E-state index contributed by atoms with van der Waals surface area (Å²) in [6, 6.07) is 5.69. The fourth-order valence-electron chi connectivity index (χ4n) is 1.38. The van der Waals surface area contributed by atoms with Crippen LogP contribution in [0.2, 0.25) is 0 Å². The number of amides is 1. The molecule has 13 heavy (non-hydrogen) atoms. The largest absolute Gasteiger partial charge is 0.364 e. The average Bonchev–Trinajstić information content (AvgIpc) is 2.46. The first kappa shape index (κ1) is 8.44. The van der Waals surface area contributed by atoms with Crippen molar-refractivity contribution in [2.24, 2.45) is 10.7 Å². The van der Waals surface area contributed by atoms with Gasteiger partial charge in [-0.05, 0) is 17.7 Å². The van der Waals surface area contributed by atoms with Crippen LogP contribution in [-0.4, -0.2) is 11.6 Å². The van der Waals surface area contributed by atoms with Gasteiger partial charge in [-0.2, -0.15) is 0 Å². The van der Waals surface area contributed by atoms with E-state index in [2.05, 4.69) is 20.9 Å². The number of rotatable bonds is 1. The molecule has 1 aliphatic heterocycles. The number of nitrogens with two attached hydrogens (primary N) is 1. The molecule has 1 amide bonds. The van der Waals surface area contributed by atoms with Crippen LogP contribution in [0.3, 0.4) is 0 Å². The monoisotopic (exact) mass is 238 g/mol. The molecule has 66 valence electrons. The van der Waals surface area contributed by atoms with E-state index >= 15 is 0 Å². The van der Waals surface area contributed by atoms with Gasteiger partial charge in [0.15, 0.2) is 0 Å². The lowest BCUT2D eigenvalue weighted by Crippen LogP contribution is -2.22. The summed E-state index contributed by atoms with van der Waals surface area (Å²) in [6.07, 6.45) is 0. The number of halogens is 1. The van der Waals surface area contributed by atoms with Gasteiger partial charge in [0.25, 0.3) is 5.91 Å². The molecule has 2 N–H and O–H groups in total. The van der Waals surface area contributed by atoms with Crippen molar-refractivity contribution in [1.29, 1.82) is 0 Å². The Hall–Kier alpha value is -1.16. The molecule has 0 aromatic heterocycles. The number of carbonyl (C=O) groups excluding carboxylic acids is 1. The van der Waals surface area contributed by atoms with E-state index < -0.39 is 5.91 Å². The first-order chi connectivity index (χ1) is 6.18. The minimum atomic E-state index is -0.457. The topological polar surface area (TPSA) is 55.5 Å². The van der Waals surface area contributed by atoms with Gasteiger partial charge in [-0.25, -0.2) is 0 Å². The quantitative estimate of drug-likeness (QED) is 0.787. The van der Waals surface area contributed by atoms with Crippen LogP contribution in [0.1, 0.15) is 11.1 Å². The summed E-state index contributed by atoms with van der Waals surface area (Å²) in [6.45, 7) is 0.549. The zero-order chi connectivity index (χ0) is 9.42. The van der Waals surface area contributed by atoms with Crippen LogP contribution in [0.25, 0.3) is 0 Å². The maximum atomic E-state index is 10.9. The molecule has 1 aromatic carbocycles. The number of primary amides is 1. The highest BCUT2D eigenvalue weighted by molar-refractivity contribution is 9.10. The number of aliphatic imine (C=N–C) groups is 1. The van der Waals surface area contributed by atoms with Crippen molar-refractivity contribution in [3.05, 3.63) is 33.8 Å². The lowest BCUT2D eigenvalue weighted by atomic mass is 10.1. The Morgan fingerprint density at radius 3 is 3.00 bits per heavy atom. The predicted molar refractivity (Wildman–Crippen MR) is 53.6 cm³/mol. The Kier molecular flexibility index (Phi) is 1.92. The fourth-order valence-corrected chi connectivity index (χ4v) is 1.79. The molecule has 0 saturated carbocycles. The van der Waals surface area contributed by atoms with Crippen LogP contribution in [0.5, 0.6) is 0 Å². The van der Waals surface area contributed by atoms with Crippen molar-refractivity contribution in [1.82, 2.24) is 0 Å². The summed E-state index contributed by atoms with van der Waals surface area (Å²) < 4.78 is 0.993. The zero-order valence-electron chi connectivity index (χ0n) is 6.75. The maximum absolute atomic E-state index is 10.9. The van der Waals surface area contributed by atoms with E-state index in [9.17, 15) is 4.79 Å². The number of hydrogen-bond acceptors (Lipinski definition) is 2. The van der Waals surface area contributed by atoms with Crippen molar-refractivity contribution in [2.75, 3.05) is 0 Å². The highest BCUT2D eigenvalue weighted by Crippen LogP contribution is 2.22. The van der Waals surface area contributed by atoms with Gasteiger partial charge in [0, 0.05) is 10.0 Å². The third kappa shape index (κ3) is 1.37. The molecule has 4 heteroatoms. The first-order valence-corrected chi connectivity index (χ1v) is 4.61. The van der Waals surface area contributed by atoms with Gasteiger partial charge in [0.2, 0.25) is 0 Å². The third-order valence-electron chi connectivity index (χ3n) is 1.96. The van der Waals surface area contributed by atoms with Crippen molar-refractivity contribution in [3.63, 3.8) is 0 Å². The van der Waals surface area contributed by atoms with Gasteiger partial charge in [-0.1, -0.05) is 22.0 Å². The van der Waals surface area contributed by atoms with E-state index in [1.165, 1.54) is 0 Å². The minimum absolute atomic E-state index is 0.391. The summed E-state index contributed by atoms with van der Waals surface area (Å²) in [5.74, 6) is -0.457. The zero-order valence-corrected chi connectivity index (χ0v) is 8.34. The highest BCUT2D eigenvalue weighted by Gasteiger charge is 2.19. The molecule has 0 aliphatic carbocycles. The Morgan fingerprint density at radius 1 is 1.54 bits per heavy atom. The Morgan fingerprint density at radius 2 is 2.31 bits per heavy atom. The van der Waals surface area contributed by atoms with Crippen LogP contribution >= 0.6 is 15.9 Å². The molecule has 1 aromatic rings. The number of benzene rings is 1. The van der Waals surface area contributed by atoms with E-state index in [-0.39, 0.29) is 0 Å². The predicted octanol–water partition coefficient (Wildman–Crippen LogP) is 1.24. The lowest BCUT2D eigenvalue weighted by molar-refractivity contribution is -0.111. The fraction of sp³-hybridized carbons (Fsp3) is 0.111. The third-order valence-corrected chi connectivity index (χ3v) is 2.46. The maximum Gasteiger partial charge on any atom is 0.267 e. The van der Waals surface area contributed by atoms with Gasteiger partial charge >= 0.3 is 0 Å². The number of fused-ring (bicyclic) bond motifs is 1. The van der Waals surface area contributed by atoms with E-state index in [1.807, 2.05) is 18.2 Å². The van der Waals surface area contributed by atoms with E-state index in [1.54, 1.807) is 0 Å². The summed E-state index contributed by atoms with van der Waals surface area (Å²) in [5.41, 5.74) is 7.46. The van der Waals surface area contributed by atoms with Crippen molar-refractivity contribution >= 4 is 27.5 Å². The van der Waals surface area contributed by atoms with Crippen LogP contribution in [0.15, 0.2) is 27.7 Å². The van der Waals surface area contributed by atoms with Gasteiger partial charge in [0.05, 0.1) is 6.54 Å². The molecular formula is C9H7BrN2O. The summed E-state index contributed by atoms with van der Waals surface area (Å²) in [4.78, 5) is 15.0. The lowest BCUT2D eigenvalue weighted by Gasteiger charge is -1.99. The summed E-state index contributed by atoms with van der Waals surface area (Å²) >= 11 is 3.35.